The van der Waals surface area contributed by atoms with Gasteiger partial charge in [0.2, 0.25) is 0 Å². The summed E-state index contributed by atoms with van der Waals surface area (Å²) in [5.74, 6) is 0.341. The number of amides is 1. The summed E-state index contributed by atoms with van der Waals surface area (Å²) in [5.41, 5.74) is 1.90. The van der Waals surface area contributed by atoms with Crippen LogP contribution < -0.4 is 5.32 Å². The van der Waals surface area contributed by atoms with Crippen molar-refractivity contribution in [3.63, 3.8) is 0 Å². The molecule has 6 nitrogen and oxygen atoms in total. The molecule has 0 saturated carbocycles. The van der Waals surface area contributed by atoms with Crippen LogP contribution in [0, 0.1) is 5.92 Å². The molecule has 114 valence electrons. The predicted molar refractivity (Wildman–Crippen MR) is 81.1 cm³/mol. The van der Waals surface area contributed by atoms with E-state index in [0.717, 1.165) is 31.6 Å². The highest BCUT2D eigenvalue weighted by atomic mass is 16.5. The summed E-state index contributed by atoms with van der Waals surface area (Å²) in [5, 5.41) is 2.96. The van der Waals surface area contributed by atoms with Gasteiger partial charge in [-0.3, -0.25) is 4.79 Å². The van der Waals surface area contributed by atoms with Gasteiger partial charge in [-0.15, -0.1) is 0 Å². The Bertz CT molecular complexity index is 627. The highest BCUT2D eigenvalue weighted by Gasteiger charge is 2.16. The molecule has 2 aromatic heterocycles. The van der Waals surface area contributed by atoms with Gasteiger partial charge >= 0.3 is 0 Å². The minimum atomic E-state index is -0.148. The lowest BCUT2D eigenvalue weighted by Gasteiger charge is -2.22. The summed E-state index contributed by atoms with van der Waals surface area (Å²) in [7, 11) is 0. The average Bonchev–Trinajstić information content (AvgIpc) is 2.61. The van der Waals surface area contributed by atoms with Crippen LogP contribution in [0.15, 0.2) is 36.9 Å². The van der Waals surface area contributed by atoms with Crippen molar-refractivity contribution in [2.75, 3.05) is 19.8 Å². The Labute approximate surface area is 129 Å². The van der Waals surface area contributed by atoms with E-state index in [0.29, 0.717) is 23.9 Å². The summed E-state index contributed by atoms with van der Waals surface area (Å²) < 4.78 is 5.32. The SMILES string of the molecule is O=C(NCC1CCOCC1)c1cccc(-c2cncnc2)n1. The quantitative estimate of drug-likeness (QED) is 0.929. The van der Waals surface area contributed by atoms with Crippen molar-refractivity contribution in [3.05, 3.63) is 42.6 Å². The number of pyridine rings is 1. The largest absolute Gasteiger partial charge is 0.381 e. The molecule has 1 fully saturated rings. The number of carbonyl (C=O) groups excluding carboxylic acids is 1. The lowest BCUT2D eigenvalue weighted by atomic mass is 10.0. The summed E-state index contributed by atoms with van der Waals surface area (Å²) in [6.45, 7) is 2.23. The zero-order valence-corrected chi connectivity index (χ0v) is 12.2. The van der Waals surface area contributed by atoms with E-state index >= 15 is 0 Å². The van der Waals surface area contributed by atoms with Crippen LogP contribution in [0.5, 0.6) is 0 Å². The number of hydrogen-bond donors (Lipinski definition) is 1. The minimum Gasteiger partial charge on any atom is -0.381 e. The smallest absolute Gasteiger partial charge is 0.269 e. The van der Waals surface area contributed by atoms with Crippen molar-refractivity contribution in [2.45, 2.75) is 12.8 Å². The molecular weight excluding hydrogens is 280 g/mol. The van der Waals surface area contributed by atoms with Gasteiger partial charge in [0, 0.05) is 37.7 Å². The molecule has 1 saturated heterocycles. The first kappa shape index (κ1) is 14.6. The Morgan fingerprint density at radius 2 is 2.00 bits per heavy atom. The van der Waals surface area contributed by atoms with Crippen LogP contribution in [0.25, 0.3) is 11.3 Å². The first-order chi connectivity index (χ1) is 10.8. The number of nitrogens with zero attached hydrogens (tertiary/aromatic N) is 3. The fourth-order valence-electron chi connectivity index (χ4n) is 2.43. The van der Waals surface area contributed by atoms with Gasteiger partial charge in [0.25, 0.3) is 5.91 Å². The van der Waals surface area contributed by atoms with E-state index in [2.05, 4.69) is 20.3 Å². The second-order valence-corrected chi connectivity index (χ2v) is 5.30. The minimum absolute atomic E-state index is 0.148. The van der Waals surface area contributed by atoms with Crippen LogP contribution in [0.3, 0.4) is 0 Å². The van der Waals surface area contributed by atoms with E-state index in [1.54, 1.807) is 18.5 Å². The Morgan fingerprint density at radius 1 is 1.23 bits per heavy atom. The molecule has 2 aromatic rings. The Hall–Kier alpha value is -2.34. The van der Waals surface area contributed by atoms with E-state index < -0.39 is 0 Å². The molecule has 0 aromatic carbocycles. The topological polar surface area (TPSA) is 77.0 Å². The molecule has 22 heavy (non-hydrogen) atoms. The monoisotopic (exact) mass is 298 g/mol. The third-order valence-corrected chi connectivity index (χ3v) is 3.73. The summed E-state index contributed by atoms with van der Waals surface area (Å²) >= 11 is 0. The van der Waals surface area contributed by atoms with Gasteiger partial charge in [0.15, 0.2) is 0 Å². The maximum atomic E-state index is 12.2. The molecule has 0 atom stereocenters. The highest BCUT2D eigenvalue weighted by molar-refractivity contribution is 5.92. The van der Waals surface area contributed by atoms with Crippen molar-refractivity contribution in [1.82, 2.24) is 20.3 Å². The molecule has 1 N–H and O–H groups in total. The summed E-state index contributed by atoms with van der Waals surface area (Å²) in [6, 6.07) is 5.37. The van der Waals surface area contributed by atoms with E-state index in [4.69, 9.17) is 4.74 Å². The fraction of sp³-hybridized carbons (Fsp3) is 0.375. The maximum Gasteiger partial charge on any atom is 0.269 e. The lowest BCUT2D eigenvalue weighted by Crippen LogP contribution is -2.32. The van der Waals surface area contributed by atoms with Crippen LogP contribution in [0.2, 0.25) is 0 Å². The fourth-order valence-corrected chi connectivity index (χ4v) is 2.43. The van der Waals surface area contributed by atoms with E-state index in [9.17, 15) is 4.79 Å². The molecule has 3 heterocycles. The molecule has 0 spiro atoms. The standard InChI is InChI=1S/C16H18N4O2/c21-16(19-8-12-4-6-22-7-5-12)15-3-1-2-14(20-15)13-9-17-11-18-10-13/h1-3,9-12H,4-8H2,(H,19,21). The number of aromatic nitrogens is 3. The second kappa shape index (κ2) is 7.09. The van der Waals surface area contributed by atoms with E-state index in [1.165, 1.54) is 6.33 Å². The van der Waals surface area contributed by atoms with Crippen molar-refractivity contribution >= 4 is 5.91 Å². The molecule has 1 aliphatic rings. The Morgan fingerprint density at radius 3 is 2.77 bits per heavy atom. The maximum absolute atomic E-state index is 12.2. The molecule has 0 bridgehead atoms. The van der Waals surface area contributed by atoms with Gasteiger partial charge in [-0.05, 0) is 30.9 Å². The highest BCUT2D eigenvalue weighted by Crippen LogP contribution is 2.15. The van der Waals surface area contributed by atoms with Crippen molar-refractivity contribution in [3.8, 4) is 11.3 Å². The van der Waals surface area contributed by atoms with Crippen molar-refractivity contribution in [1.29, 1.82) is 0 Å². The summed E-state index contributed by atoms with van der Waals surface area (Å²) in [6.07, 6.45) is 6.82. The molecule has 0 aliphatic carbocycles. The van der Waals surface area contributed by atoms with Crippen molar-refractivity contribution in [2.24, 2.45) is 5.92 Å². The Balaban J connectivity index is 1.65. The van der Waals surface area contributed by atoms with Gasteiger partial charge in [0.05, 0.1) is 5.69 Å². The van der Waals surface area contributed by atoms with Gasteiger partial charge in [-0.1, -0.05) is 6.07 Å². The Kier molecular flexibility index (Phi) is 4.70. The summed E-state index contributed by atoms with van der Waals surface area (Å²) in [4.78, 5) is 24.6. The second-order valence-electron chi connectivity index (χ2n) is 5.30. The van der Waals surface area contributed by atoms with Crippen molar-refractivity contribution < 1.29 is 9.53 Å². The van der Waals surface area contributed by atoms with Crippen LogP contribution in [-0.2, 0) is 4.74 Å². The average molecular weight is 298 g/mol. The molecule has 1 amide bonds. The van der Waals surface area contributed by atoms with Gasteiger partial charge < -0.3 is 10.1 Å². The molecule has 0 radical (unpaired) electrons. The van der Waals surface area contributed by atoms with Gasteiger partial charge in [0.1, 0.15) is 12.0 Å². The zero-order chi connectivity index (χ0) is 15.2. The van der Waals surface area contributed by atoms with E-state index in [-0.39, 0.29) is 5.91 Å². The number of hydrogen-bond acceptors (Lipinski definition) is 5. The third kappa shape index (κ3) is 3.65. The molecule has 0 unspecified atom stereocenters. The number of rotatable bonds is 4. The van der Waals surface area contributed by atoms with Crippen LogP contribution in [0.4, 0.5) is 0 Å². The van der Waals surface area contributed by atoms with Gasteiger partial charge in [-0.2, -0.15) is 0 Å². The molecular formula is C16H18N4O2. The first-order valence-electron chi connectivity index (χ1n) is 7.41. The predicted octanol–water partition coefficient (Wildman–Crippen LogP) is 1.70. The number of nitrogens with one attached hydrogen (secondary N) is 1. The first-order valence-corrected chi connectivity index (χ1v) is 7.41. The normalized spacial score (nSPS) is 15.5. The zero-order valence-electron chi connectivity index (χ0n) is 12.2. The number of carbonyl (C=O) groups is 1. The lowest BCUT2D eigenvalue weighted by molar-refractivity contribution is 0.0642. The van der Waals surface area contributed by atoms with Crippen LogP contribution in [0.1, 0.15) is 23.3 Å². The van der Waals surface area contributed by atoms with E-state index in [1.807, 2.05) is 12.1 Å². The van der Waals surface area contributed by atoms with Crippen LogP contribution >= 0.6 is 0 Å². The molecule has 1 aliphatic heterocycles. The van der Waals surface area contributed by atoms with Gasteiger partial charge in [-0.25, -0.2) is 15.0 Å². The van der Waals surface area contributed by atoms with Crippen LogP contribution in [-0.4, -0.2) is 40.6 Å². The third-order valence-electron chi connectivity index (χ3n) is 3.73. The molecule has 6 heteroatoms. The number of ether oxygens (including phenoxy) is 1. The molecule has 3 rings (SSSR count).